The summed E-state index contributed by atoms with van der Waals surface area (Å²) in [7, 11) is 1.55. The average Bonchev–Trinajstić information content (AvgIpc) is 2.17. The van der Waals surface area contributed by atoms with Crippen molar-refractivity contribution in [2.45, 2.75) is 26.1 Å². The molecule has 1 heterocycles. The fourth-order valence-corrected chi connectivity index (χ4v) is 1.21. The van der Waals surface area contributed by atoms with Crippen LogP contribution in [0.3, 0.4) is 0 Å². The molecule has 84 valence electrons. The summed E-state index contributed by atoms with van der Waals surface area (Å²) in [5.41, 5.74) is 0.704. The molecule has 0 aliphatic heterocycles. The fourth-order valence-electron chi connectivity index (χ4n) is 1.21. The number of aliphatic hydroxyl groups is 1. The van der Waals surface area contributed by atoms with Gasteiger partial charge < -0.3 is 14.6 Å². The van der Waals surface area contributed by atoms with Crippen LogP contribution in [-0.4, -0.2) is 29.9 Å². The van der Waals surface area contributed by atoms with Crippen LogP contribution < -0.4 is 4.74 Å². The average molecular weight is 211 g/mol. The van der Waals surface area contributed by atoms with Crippen molar-refractivity contribution in [2.75, 3.05) is 13.7 Å². The van der Waals surface area contributed by atoms with Crippen LogP contribution >= 0.6 is 0 Å². The van der Waals surface area contributed by atoms with E-state index in [0.717, 1.165) is 0 Å². The highest BCUT2D eigenvalue weighted by Gasteiger charge is 2.09. The highest BCUT2D eigenvalue weighted by atomic mass is 16.5. The third-order valence-corrected chi connectivity index (χ3v) is 1.82. The second-order valence-corrected chi connectivity index (χ2v) is 3.59. The number of hydrogen-bond donors (Lipinski definition) is 1. The lowest BCUT2D eigenvalue weighted by atomic mass is 10.2. The Labute approximate surface area is 89.9 Å². The summed E-state index contributed by atoms with van der Waals surface area (Å²) in [6, 6.07) is 1.77. The molecule has 0 saturated carbocycles. The molecule has 0 aromatic carbocycles. The van der Waals surface area contributed by atoms with Gasteiger partial charge in [0.05, 0.1) is 18.9 Å². The number of aliphatic hydroxyl groups excluding tert-OH is 1. The van der Waals surface area contributed by atoms with Crippen LogP contribution in [0.15, 0.2) is 18.5 Å². The Bertz CT molecular complexity index is 302. The van der Waals surface area contributed by atoms with Crippen molar-refractivity contribution in [3.8, 4) is 5.75 Å². The summed E-state index contributed by atoms with van der Waals surface area (Å²) < 4.78 is 10.3. The van der Waals surface area contributed by atoms with Crippen LogP contribution in [0.4, 0.5) is 0 Å². The molecule has 0 spiro atoms. The zero-order chi connectivity index (χ0) is 11.3. The van der Waals surface area contributed by atoms with Gasteiger partial charge in [0, 0.05) is 18.9 Å². The van der Waals surface area contributed by atoms with Gasteiger partial charge in [0.15, 0.2) is 0 Å². The zero-order valence-electron chi connectivity index (χ0n) is 9.30. The Hall–Kier alpha value is -1.13. The van der Waals surface area contributed by atoms with Crippen molar-refractivity contribution in [1.29, 1.82) is 0 Å². The van der Waals surface area contributed by atoms with Crippen molar-refractivity contribution < 1.29 is 14.6 Å². The molecule has 1 unspecified atom stereocenters. The molecule has 4 heteroatoms. The van der Waals surface area contributed by atoms with Gasteiger partial charge in [-0.3, -0.25) is 4.98 Å². The molecule has 0 aliphatic rings. The van der Waals surface area contributed by atoms with E-state index in [1.165, 1.54) is 0 Å². The first-order valence-corrected chi connectivity index (χ1v) is 4.92. The molecule has 0 bridgehead atoms. The summed E-state index contributed by atoms with van der Waals surface area (Å²) in [4.78, 5) is 4.00. The summed E-state index contributed by atoms with van der Waals surface area (Å²) in [5.74, 6) is 0.664. The van der Waals surface area contributed by atoms with Gasteiger partial charge in [0.2, 0.25) is 0 Å². The van der Waals surface area contributed by atoms with Gasteiger partial charge in [-0.05, 0) is 19.9 Å². The predicted molar refractivity (Wildman–Crippen MR) is 56.8 cm³/mol. The molecule has 1 aromatic rings. The molecule has 0 amide bonds. The van der Waals surface area contributed by atoms with E-state index in [1.54, 1.807) is 25.6 Å². The number of methoxy groups -OCH3 is 1. The van der Waals surface area contributed by atoms with Crippen molar-refractivity contribution in [3.63, 3.8) is 0 Å². The van der Waals surface area contributed by atoms with E-state index >= 15 is 0 Å². The molecule has 4 nitrogen and oxygen atoms in total. The number of aromatic nitrogens is 1. The molecule has 0 fully saturated rings. The number of ether oxygens (including phenoxy) is 2. The molecule has 0 saturated heterocycles. The van der Waals surface area contributed by atoms with Crippen LogP contribution in [0.2, 0.25) is 0 Å². The lowest BCUT2D eigenvalue weighted by Crippen LogP contribution is -2.08. The van der Waals surface area contributed by atoms with Crippen LogP contribution in [0.5, 0.6) is 5.75 Å². The summed E-state index contributed by atoms with van der Waals surface area (Å²) in [6.07, 6.45) is 2.68. The molecule has 1 N–H and O–H groups in total. The highest BCUT2D eigenvalue weighted by Crippen LogP contribution is 2.18. The Morgan fingerprint density at radius 1 is 1.40 bits per heavy atom. The van der Waals surface area contributed by atoms with E-state index in [0.29, 0.717) is 11.3 Å². The van der Waals surface area contributed by atoms with Gasteiger partial charge in [0.25, 0.3) is 0 Å². The van der Waals surface area contributed by atoms with Gasteiger partial charge in [-0.15, -0.1) is 0 Å². The molecular weight excluding hydrogens is 194 g/mol. The minimum absolute atomic E-state index is 0.0987. The maximum Gasteiger partial charge on any atom is 0.138 e. The summed E-state index contributed by atoms with van der Waals surface area (Å²) >= 11 is 0. The lowest BCUT2D eigenvalue weighted by molar-refractivity contribution is 0.0639. The third kappa shape index (κ3) is 3.85. The van der Waals surface area contributed by atoms with E-state index in [4.69, 9.17) is 9.47 Å². The SMILES string of the molecule is COCC(O)c1cncc(OC(C)C)c1. The Kier molecular flexibility index (Phi) is 4.52. The number of nitrogens with zero attached hydrogens (tertiary/aromatic N) is 1. The van der Waals surface area contributed by atoms with E-state index in [9.17, 15) is 5.11 Å². The number of pyridine rings is 1. The van der Waals surface area contributed by atoms with Gasteiger partial charge in [-0.1, -0.05) is 0 Å². The topological polar surface area (TPSA) is 51.6 Å². The second-order valence-electron chi connectivity index (χ2n) is 3.59. The number of hydrogen-bond acceptors (Lipinski definition) is 4. The third-order valence-electron chi connectivity index (χ3n) is 1.82. The minimum Gasteiger partial charge on any atom is -0.489 e. The first-order chi connectivity index (χ1) is 7.13. The maximum atomic E-state index is 9.66. The van der Waals surface area contributed by atoms with E-state index < -0.39 is 6.10 Å². The highest BCUT2D eigenvalue weighted by molar-refractivity contribution is 5.25. The first-order valence-electron chi connectivity index (χ1n) is 4.92. The Morgan fingerprint density at radius 2 is 2.13 bits per heavy atom. The van der Waals surface area contributed by atoms with E-state index in [1.807, 2.05) is 13.8 Å². The quantitative estimate of drug-likeness (QED) is 0.802. The Morgan fingerprint density at radius 3 is 2.73 bits per heavy atom. The van der Waals surface area contributed by atoms with Gasteiger partial charge in [-0.2, -0.15) is 0 Å². The standard InChI is InChI=1S/C11H17NO3/c1-8(2)15-10-4-9(5-12-6-10)11(13)7-14-3/h4-6,8,11,13H,7H2,1-3H3. The van der Waals surface area contributed by atoms with E-state index in [2.05, 4.69) is 4.98 Å². The number of rotatable bonds is 5. The Balaban J connectivity index is 2.73. The predicted octanol–water partition coefficient (Wildman–Crippen LogP) is 1.55. The van der Waals surface area contributed by atoms with Gasteiger partial charge in [-0.25, -0.2) is 0 Å². The van der Waals surface area contributed by atoms with Crippen molar-refractivity contribution in [3.05, 3.63) is 24.0 Å². The fraction of sp³-hybridized carbons (Fsp3) is 0.545. The van der Waals surface area contributed by atoms with Gasteiger partial charge >= 0.3 is 0 Å². The molecule has 1 rings (SSSR count). The van der Waals surface area contributed by atoms with Gasteiger partial charge in [0.1, 0.15) is 11.9 Å². The monoisotopic (exact) mass is 211 g/mol. The summed E-state index contributed by atoms with van der Waals surface area (Å²) in [6.45, 7) is 4.14. The maximum absolute atomic E-state index is 9.66. The molecule has 0 radical (unpaired) electrons. The second kappa shape index (κ2) is 5.68. The van der Waals surface area contributed by atoms with Crippen LogP contribution in [0.1, 0.15) is 25.5 Å². The zero-order valence-corrected chi connectivity index (χ0v) is 9.30. The first kappa shape index (κ1) is 11.9. The normalized spacial score (nSPS) is 12.9. The summed E-state index contributed by atoms with van der Waals surface area (Å²) in [5, 5.41) is 9.66. The molecular formula is C11H17NO3. The lowest BCUT2D eigenvalue weighted by Gasteiger charge is -2.13. The van der Waals surface area contributed by atoms with Crippen molar-refractivity contribution >= 4 is 0 Å². The smallest absolute Gasteiger partial charge is 0.138 e. The van der Waals surface area contributed by atoms with Crippen molar-refractivity contribution in [1.82, 2.24) is 4.98 Å². The molecule has 1 atom stereocenters. The van der Waals surface area contributed by atoms with Crippen LogP contribution in [-0.2, 0) is 4.74 Å². The van der Waals surface area contributed by atoms with Crippen LogP contribution in [0, 0.1) is 0 Å². The molecule has 1 aromatic heterocycles. The molecule has 0 aliphatic carbocycles. The van der Waals surface area contributed by atoms with Crippen molar-refractivity contribution in [2.24, 2.45) is 0 Å². The largest absolute Gasteiger partial charge is 0.489 e. The minimum atomic E-state index is -0.654. The van der Waals surface area contributed by atoms with E-state index in [-0.39, 0.29) is 12.7 Å². The molecule has 15 heavy (non-hydrogen) atoms. The van der Waals surface area contributed by atoms with Crippen LogP contribution in [0.25, 0.3) is 0 Å².